The maximum atomic E-state index is 11.6. The van der Waals surface area contributed by atoms with E-state index >= 15 is 0 Å². The molecule has 4 nitrogen and oxygen atoms in total. The van der Waals surface area contributed by atoms with Crippen LogP contribution in [0.3, 0.4) is 0 Å². The molecule has 0 aliphatic carbocycles. The molecule has 0 aromatic heterocycles. The van der Waals surface area contributed by atoms with Gasteiger partial charge in [-0.3, -0.25) is 9.59 Å². The molecule has 15 heavy (non-hydrogen) atoms. The molecule has 1 spiro atoms. The minimum absolute atomic E-state index is 0.0130. The SMILES string of the molecule is O=C1CC2(CCN(C(=O)CCCl)C2)CN1. The molecule has 0 aromatic carbocycles. The summed E-state index contributed by atoms with van der Waals surface area (Å²) in [5.41, 5.74) is 0.0130. The van der Waals surface area contributed by atoms with Crippen LogP contribution in [0.15, 0.2) is 0 Å². The van der Waals surface area contributed by atoms with Crippen molar-refractivity contribution in [1.29, 1.82) is 0 Å². The number of hydrogen-bond donors (Lipinski definition) is 1. The molecule has 2 amide bonds. The molecule has 2 fully saturated rings. The molecule has 2 saturated heterocycles. The topological polar surface area (TPSA) is 49.4 Å². The lowest BCUT2D eigenvalue weighted by atomic mass is 9.86. The average molecular weight is 231 g/mol. The summed E-state index contributed by atoms with van der Waals surface area (Å²) in [4.78, 5) is 24.6. The fourth-order valence-corrected chi connectivity index (χ4v) is 2.59. The van der Waals surface area contributed by atoms with E-state index < -0.39 is 0 Å². The van der Waals surface area contributed by atoms with E-state index in [0.29, 0.717) is 25.3 Å². The Hall–Kier alpha value is -0.770. The van der Waals surface area contributed by atoms with Crippen molar-refractivity contribution < 1.29 is 9.59 Å². The van der Waals surface area contributed by atoms with Crippen molar-refractivity contribution in [3.05, 3.63) is 0 Å². The van der Waals surface area contributed by atoms with Gasteiger partial charge in [-0.2, -0.15) is 0 Å². The van der Waals surface area contributed by atoms with Gasteiger partial charge in [-0.25, -0.2) is 0 Å². The molecule has 2 rings (SSSR count). The largest absolute Gasteiger partial charge is 0.355 e. The Kier molecular flexibility index (Phi) is 2.87. The molecule has 0 radical (unpaired) electrons. The van der Waals surface area contributed by atoms with Gasteiger partial charge in [-0.05, 0) is 6.42 Å². The van der Waals surface area contributed by atoms with Crippen LogP contribution in [-0.4, -0.2) is 42.2 Å². The number of hydrogen-bond acceptors (Lipinski definition) is 2. The zero-order valence-electron chi connectivity index (χ0n) is 8.59. The summed E-state index contributed by atoms with van der Waals surface area (Å²) < 4.78 is 0. The van der Waals surface area contributed by atoms with Gasteiger partial charge < -0.3 is 10.2 Å². The first kappa shape index (κ1) is 10.7. The molecule has 84 valence electrons. The second-order valence-electron chi connectivity index (χ2n) is 4.46. The summed E-state index contributed by atoms with van der Waals surface area (Å²) in [5, 5.41) is 2.84. The van der Waals surface area contributed by atoms with E-state index in [4.69, 9.17) is 11.6 Å². The Morgan fingerprint density at radius 2 is 2.40 bits per heavy atom. The number of rotatable bonds is 2. The normalized spacial score (nSPS) is 29.9. The van der Waals surface area contributed by atoms with Crippen LogP contribution in [0.1, 0.15) is 19.3 Å². The first-order chi connectivity index (χ1) is 7.15. The van der Waals surface area contributed by atoms with E-state index in [2.05, 4.69) is 5.32 Å². The third kappa shape index (κ3) is 2.09. The molecule has 2 aliphatic heterocycles. The summed E-state index contributed by atoms with van der Waals surface area (Å²) in [6.45, 7) is 2.20. The van der Waals surface area contributed by atoms with Crippen molar-refractivity contribution in [3.63, 3.8) is 0 Å². The molecule has 0 bridgehead atoms. The van der Waals surface area contributed by atoms with Crippen molar-refractivity contribution in [2.45, 2.75) is 19.3 Å². The van der Waals surface area contributed by atoms with Crippen LogP contribution in [0.25, 0.3) is 0 Å². The van der Waals surface area contributed by atoms with E-state index in [1.54, 1.807) is 0 Å². The Bertz CT molecular complexity index is 295. The minimum atomic E-state index is 0.0130. The van der Waals surface area contributed by atoms with E-state index in [1.807, 2.05) is 4.90 Å². The summed E-state index contributed by atoms with van der Waals surface area (Å²) in [6, 6.07) is 0. The van der Waals surface area contributed by atoms with Crippen LogP contribution < -0.4 is 5.32 Å². The zero-order chi connectivity index (χ0) is 10.9. The van der Waals surface area contributed by atoms with Crippen molar-refractivity contribution in [1.82, 2.24) is 10.2 Å². The fourth-order valence-electron chi connectivity index (χ4n) is 2.43. The summed E-state index contributed by atoms with van der Waals surface area (Å²) in [5.74, 6) is 0.599. The Balaban J connectivity index is 1.94. The molecule has 5 heteroatoms. The number of nitrogens with one attached hydrogen (secondary N) is 1. The van der Waals surface area contributed by atoms with Gasteiger partial charge in [0.05, 0.1) is 0 Å². The maximum Gasteiger partial charge on any atom is 0.223 e. The van der Waals surface area contributed by atoms with E-state index in [-0.39, 0.29) is 17.2 Å². The van der Waals surface area contributed by atoms with Gasteiger partial charge in [0.15, 0.2) is 0 Å². The minimum Gasteiger partial charge on any atom is -0.355 e. The van der Waals surface area contributed by atoms with Crippen LogP contribution in [0.5, 0.6) is 0 Å². The predicted molar refractivity (Wildman–Crippen MR) is 56.6 cm³/mol. The molecular weight excluding hydrogens is 216 g/mol. The van der Waals surface area contributed by atoms with Crippen molar-refractivity contribution >= 4 is 23.4 Å². The summed E-state index contributed by atoms with van der Waals surface area (Å²) >= 11 is 5.54. The fraction of sp³-hybridized carbons (Fsp3) is 0.800. The average Bonchev–Trinajstić information content (AvgIpc) is 2.76. The standard InChI is InChI=1S/C10H15ClN2O2/c11-3-1-9(15)13-4-2-10(7-13)5-8(14)12-6-10/h1-7H2,(H,12,14). The van der Waals surface area contributed by atoms with Gasteiger partial charge in [-0.1, -0.05) is 0 Å². The number of halogens is 1. The van der Waals surface area contributed by atoms with Gasteiger partial charge >= 0.3 is 0 Å². The first-order valence-electron chi connectivity index (χ1n) is 5.26. The Morgan fingerprint density at radius 1 is 1.60 bits per heavy atom. The summed E-state index contributed by atoms with van der Waals surface area (Å²) in [6.07, 6.45) is 1.90. The predicted octanol–water partition coefficient (Wildman–Crippen LogP) is 0.354. The number of nitrogens with zero attached hydrogens (tertiary/aromatic N) is 1. The first-order valence-corrected chi connectivity index (χ1v) is 5.79. The number of likely N-dealkylation sites (tertiary alicyclic amines) is 1. The smallest absolute Gasteiger partial charge is 0.223 e. The van der Waals surface area contributed by atoms with Crippen LogP contribution >= 0.6 is 11.6 Å². The molecule has 2 heterocycles. The number of carbonyl (C=O) groups is 2. The van der Waals surface area contributed by atoms with E-state index in [1.165, 1.54) is 0 Å². The second kappa shape index (κ2) is 4.00. The molecule has 1 atom stereocenters. The summed E-state index contributed by atoms with van der Waals surface area (Å²) in [7, 11) is 0. The van der Waals surface area contributed by atoms with Crippen LogP contribution in [0.4, 0.5) is 0 Å². The molecule has 1 unspecified atom stereocenters. The zero-order valence-corrected chi connectivity index (χ0v) is 9.35. The molecule has 0 aromatic rings. The number of amides is 2. The van der Waals surface area contributed by atoms with Gasteiger partial charge in [0.1, 0.15) is 0 Å². The Morgan fingerprint density at radius 3 is 3.00 bits per heavy atom. The lowest BCUT2D eigenvalue weighted by molar-refractivity contribution is -0.130. The number of carbonyl (C=O) groups excluding carboxylic acids is 2. The highest BCUT2D eigenvalue weighted by Crippen LogP contribution is 2.36. The monoisotopic (exact) mass is 230 g/mol. The third-order valence-corrected chi connectivity index (χ3v) is 3.48. The second-order valence-corrected chi connectivity index (χ2v) is 4.84. The third-order valence-electron chi connectivity index (χ3n) is 3.30. The van der Waals surface area contributed by atoms with Crippen LogP contribution in [-0.2, 0) is 9.59 Å². The van der Waals surface area contributed by atoms with Crippen molar-refractivity contribution in [2.24, 2.45) is 5.41 Å². The van der Waals surface area contributed by atoms with Crippen molar-refractivity contribution in [2.75, 3.05) is 25.5 Å². The molecular formula is C10H15ClN2O2. The lowest BCUT2D eigenvalue weighted by Gasteiger charge is -2.21. The Labute approximate surface area is 93.9 Å². The van der Waals surface area contributed by atoms with Gasteiger partial charge in [0.25, 0.3) is 0 Å². The van der Waals surface area contributed by atoms with Crippen molar-refractivity contribution in [3.8, 4) is 0 Å². The highest BCUT2D eigenvalue weighted by atomic mass is 35.5. The quantitative estimate of drug-likeness (QED) is 0.697. The van der Waals surface area contributed by atoms with E-state index in [9.17, 15) is 9.59 Å². The highest BCUT2D eigenvalue weighted by Gasteiger charge is 2.44. The maximum absolute atomic E-state index is 11.6. The van der Waals surface area contributed by atoms with Crippen LogP contribution in [0, 0.1) is 5.41 Å². The van der Waals surface area contributed by atoms with E-state index in [0.717, 1.165) is 19.5 Å². The number of alkyl halides is 1. The molecule has 2 aliphatic rings. The van der Waals surface area contributed by atoms with Gasteiger partial charge in [0, 0.05) is 43.8 Å². The molecule has 0 saturated carbocycles. The van der Waals surface area contributed by atoms with Crippen LogP contribution in [0.2, 0.25) is 0 Å². The highest BCUT2D eigenvalue weighted by molar-refractivity contribution is 6.18. The van der Waals surface area contributed by atoms with Gasteiger partial charge in [-0.15, -0.1) is 11.6 Å². The van der Waals surface area contributed by atoms with Gasteiger partial charge in [0.2, 0.25) is 11.8 Å². The molecule has 1 N–H and O–H groups in total. The lowest BCUT2D eigenvalue weighted by Crippen LogP contribution is -2.33.